The minimum absolute atomic E-state index is 0.856. The van der Waals surface area contributed by atoms with Crippen LogP contribution in [0.4, 0.5) is 5.82 Å². The van der Waals surface area contributed by atoms with Crippen LogP contribution in [0.25, 0.3) is 0 Å². The Bertz CT molecular complexity index is 365. The van der Waals surface area contributed by atoms with Crippen LogP contribution in [0.5, 0.6) is 0 Å². The van der Waals surface area contributed by atoms with Gasteiger partial charge in [0.1, 0.15) is 5.82 Å². The summed E-state index contributed by atoms with van der Waals surface area (Å²) in [6.45, 7) is 9.45. The molecule has 1 rings (SSSR count). The van der Waals surface area contributed by atoms with Crippen molar-refractivity contribution < 1.29 is 0 Å². The van der Waals surface area contributed by atoms with Crippen LogP contribution in [0.3, 0.4) is 0 Å². The van der Waals surface area contributed by atoms with Crippen LogP contribution in [0, 0.1) is 0 Å². The molecular formula is C16H30N4. The van der Waals surface area contributed by atoms with Crippen molar-refractivity contribution in [1.29, 1.82) is 0 Å². The van der Waals surface area contributed by atoms with Crippen LogP contribution in [-0.2, 0) is 6.54 Å². The van der Waals surface area contributed by atoms with Gasteiger partial charge in [-0.05, 0) is 45.6 Å². The zero-order valence-corrected chi connectivity index (χ0v) is 13.5. The first-order valence-electron chi connectivity index (χ1n) is 7.73. The molecule has 0 aliphatic heterocycles. The molecule has 0 amide bonds. The van der Waals surface area contributed by atoms with Gasteiger partial charge in [0.15, 0.2) is 0 Å². The number of hydrogen-bond acceptors (Lipinski definition) is 4. The number of pyridine rings is 1. The van der Waals surface area contributed by atoms with Crippen molar-refractivity contribution in [2.45, 2.75) is 33.2 Å². The SMILES string of the molecule is CCCNCc1cccc(N(CCC)CCN(C)C)n1. The Morgan fingerprint density at radius 2 is 1.85 bits per heavy atom. The van der Waals surface area contributed by atoms with Crippen molar-refractivity contribution in [2.75, 3.05) is 45.2 Å². The van der Waals surface area contributed by atoms with Gasteiger partial charge in [-0.15, -0.1) is 0 Å². The predicted molar refractivity (Wildman–Crippen MR) is 87.3 cm³/mol. The van der Waals surface area contributed by atoms with E-state index in [2.05, 4.69) is 61.3 Å². The summed E-state index contributed by atoms with van der Waals surface area (Å²) in [5, 5.41) is 3.41. The molecule has 1 aromatic rings. The van der Waals surface area contributed by atoms with Gasteiger partial charge in [-0.1, -0.05) is 19.9 Å². The monoisotopic (exact) mass is 278 g/mol. The highest BCUT2D eigenvalue weighted by atomic mass is 15.2. The number of rotatable bonds is 10. The first-order chi connectivity index (χ1) is 9.67. The van der Waals surface area contributed by atoms with Crippen molar-refractivity contribution in [3.05, 3.63) is 23.9 Å². The molecule has 114 valence electrons. The second-order valence-corrected chi connectivity index (χ2v) is 5.45. The van der Waals surface area contributed by atoms with E-state index in [-0.39, 0.29) is 0 Å². The maximum atomic E-state index is 4.79. The second-order valence-electron chi connectivity index (χ2n) is 5.45. The topological polar surface area (TPSA) is 31.4 Å². The third-order valence-electron chi connectivity index (χ3n) is 3.16. The van der Waals surface area contributed by atoms with E-state index in [0.717, 1.165) is 57.1 Å². The molecule has 0 unspecified atom stereocenters. The second kappa shape index (κ2) is 9.72. The van der Waals surface area contributed by atoms with Crippen molar-refractivity contribution in [1.82, 2.24) is 15.2 Å². The molecule has 0 aromatic carbocycles. The van der Waals surface area contributed by atoms with Gasteiger partial charge in [-0.25, -0.2) is 4.98 Å². The fourth-order valence-electron chi connectivity index (χ4n) is 2.07. The molecule has 0 radical (unpaired) electrons. The standard InChI is InChI=1S/C16H30N4/c1-5-10-17-14-15-8-7-9-16(18-15)20(11-6-2)13-12-19(3)4/h7-9,17H,5-6,10-14H2,1-4H3. The molecular weight excluding hydrogens is 248 g/mol. The molecule has 0 aliphatic carbocycles. The van der Waals surface area contributed by atoms with E-state index in [0.29, 0.717) is 0 Å². The van der Waals surface area contributed by atoms with Crippen molar-refractivity contribution in [3.8, 4) is 0 Å². The Morgan fingerprint density at radius 3 is 2.50 bits per heavy atom. The molecule has 1 heterocycles. The number of nitrogens with zero attached hydrogens (tertiary/aromatic N) is 3. The van der Waals surface area contributed by atoms with Crippen molar-refractivity contribution in [3.63, 3.8) is 0 Å². The van der Waals surface area contributed by atoms with Crippen LogP contribution < -0.4 is 10.2 Å². The molecule has 0 atom stereocenters. The van der Waals surface area contributed by atoms with Gasteiger partial charge in [0.05, 0.1) is 5.69 Å². The van der Waals surface area contributed by atoms with E-state index in [1.807, 2.05) is 0 Å². The third kappa shape index (κ3) is 6.35. The van der Waals surface area contributed by atoms with Crippen LogP contribution in [0.1, 0.15) is 32.4 Å². The summed E-state index contributed by atoms with van der Waals surface area (Å²) in [5.41, 5.74) is 1.13. The fraction of sp³-hybridized carbons (Fsp3) is 0.688. The summed E-state index contributed by atoms with van der Waals surface area (Å²) in [5.74, 6) is 1.10. The normalized spacial score (nSPS) is 11.1. The van der Waals surface area contributed by atoms with Crippen LogP contribution in [0.2, 0.25) is 0 Å². The maximum absolute atomic E-state index is 4.79. The Morgan fingerprint density at radius 1 is 1.05 bits per heavy atom. The van der Waals surface area contributed by atoms with Gasteiger partial charge < -0.3 is 15.1 Å². The molecule has 0 spiro atoms. The lowest BCUT2D eigenvalue weighted by molar-refractivity contribution is 0.412. The lowest BCUT2D eigenvalue weighted by atomic mass is 10.3. The van der Waals surface area contributed by atoms with Crippen molar-refractivity contribution >= 4 is 5.82 Å². The fourth-order valence-corrected chi connectivity index (χ4v) is 2.07. The number of aromatic nitrogens is 1. The van der Waals surface area contributed by atoms with Gasteiger partial charge in [0, 0.05) is 26.2 Å². The minimum atomic E-state index is 0.856. The van der Waals surface area contributed by atoms with E-state index < -0.39 is 0 Å². The van der Waals surface area contributed by atoms with Crippen LogP contribution >= 0.6 is 0 Å². The lowest BCUT2D eigenvalue weighted by Gasteiger charge is -2.25. The van der Waals surface area contributed by atoms with Crippen molar-refractivity contribution in [2.24, 2.45) is 0 Å². The molecule has 4 nitrogen and oxygen atoms in total. The lowest BCUT2D eigenvalue weighted by Crippen LogP contribution is -2.33. The zero-order chi connectivity index (χ0) is 14.8. The highest BCUT2D eigenvalue weighted by molar-refractivity contribution is 5.39. The summed E-state index contributed by atoms with van der Waals surface area (Å²) >= 11 is 0. The summed E-state index contributed by atoms with van der Waals surface area (Å²) < 4.78 is 0. The van der Waals surface area contributed by atoms with Gasteiger partial charge >= 0.3 is 0 Å². The van der Waals surface area contributed by atoms with E-state index >= 15 is 0 Å². The van der Waals surface area contributed by atoms with Gasteiger partial charge in [-0.2, -0.15) is 0 Å². The Labute approximate surface area is 124 Å². The first-order valence-corrected chi connectivity index (χ1v) is 7.73. The average Bonchev–Trinajstić information content (AvgIpc) is 2.44. The summed E-state index contributed by atoms with van der Waals surface area (Å²) in [4.78, 5) is 9.38. The molecule has 0 saturated heterocycles. The Balaban J connectivity index is 2.66. The molecule has 0 fully saturated rings. The molecule has 1 N–H and O–H groups in total. The molecule has 4 heteroatoms. The molecule has 0 bridgehead atoms. The van der Waals surface area contributed by atoms with Gasteiger partial charge in [-0.3, -0.25) is 0 Å². The molecule has 20 heavy (non-hydrogen) atoms. The number of likely N-dealkylation sites (N-methyl/N-ethyl adjacent to an activating group) is 1. The van der Waals surface area contributed by atoms with E-state index in [1.165, 1.54) is 0 Å². The Hall–Kier alpha value is -1.13. The van der Waals surface area contributed by atoms with Gasteiger partial charge in [0.25, 0.3) is 0 Å². The van der Waals surface area contributed by atoms with E-state index in [9.17, 15) is 0 Å². The number of hydrogen-bond donors (Lipinski definition) is 1. The maximum Gasteiger partial charge on any atom is 0.128 e. The molecule has 0 aliphatic rings. The minimum Gasteiger partial charge on any atom is -0.355 e. The zero-order valence-electron chi connectivity index (χ0n) is 13.5. The van der Waals surface area contributed by atoms with Crippen LogP contribution in [-0.4, -0.2) is 50.2 Å². The van der Waals surface area contributed by atoms with E-state index in [1.54, 1.807) is 0 Å². The van der Waals surface area contributed by atoms with Crippen LogP contribution in [0.15, 0.2) is 18.2 Å². The smallest absolute Gasteiger partial charge is 0.128 e. The third-order valence-corrected chi connectivity index (χ3v) is 3.16. The summed E-state index contributed by atoms with van der Waals surface area (Å²) in [7, 11) is 4.23. The highest BCUT2D eigenvalue weighted by Crippen LogP contribution is 2.12. The van der Waals surface area contributed by atoms with E-state index in [4.69, 9.17) is 4.98 Å². The number of nitrogens with one attached hydrogen (secondary N) is 1. The highest BCUT2D eigenvalue weighted by Gasteiger charge is 2.08. The largest absolute Gasteiger partial charge is 0.355 e. The van der Waals surface area contributed by atoms with Gasteiger partial charge in [0.2, 0.25) is 0 Å². The Kier molecular flexibility index (Phi) is 8.23. The summed E-state index contributed by atoms with van der Waals surface area (Å²) in [6, 6.07) is 6.33. The molecule has 1 aromatic heterocycles. The quantitative estimate of drug-likeness (QED) is 0.666. The molecule has 0 saturated carbocycles. The first kappa shape index (κ1) is 16.9. The summed E-state index contributed by atoms with van der Waals surface area (Å²) in [6.07, 6.45) is 2.30. The predicted octanol–water partition coefficient (Wildman–Crippen LogP) is 2.36. The average molecular weight is 278 g/mol. The number of anilines is 1.